The van der Waals surface area contributed by atoms with Gasteiger partial charge < -0.3 is 10.3 Å². The number of aromatic amines is 1. The maximum atomic E-state index is 3.96. The molecular weight excluding hydrogens is 192 g/mol. The van der Waals surface area contributed by atoms with E-state index in [1.807, 2.05) is 13.2 Å². The van der Waals surface area contributed by atoms with E-state index in [-0.39, 0.29) is 0 Å². The molecule has 2 aromatic heterocycles. The number of hydrogen-bond donors (Lipinski definition) is 2. The van der Waals surface area contributed by atoms with Crippen LogP contribution in [0.15, 0.2) is 18.7 Å². The number of aromatic nitrogens is 5. The second-order valence-corrected chi connectivity index (χ2v) is 3.35. The summed E-state index contributed by atoms with van der Waals surface area (Å²) in [6.07, 6.45) is 6.25. The lowest BCUT2D eigenvalue weighted by molar-refractivity contribution is 0.615. The fourth-order valence-corrected chi connectivity index (χ4v) is 1.33. The average Bonchev–Trinajstić information content (AvgIpc) is 2.85. The second kappa shape index (κ2) is 4.70. The Morgan fingerprint density at radius 2 is 2.40 bits per heavy atom. The van der Waals surface area contributed by atoms with Crippen LogP contribution in [0.2, 0.25) is 0 Å². The van der Waals surface area contributed by atoms with Gasteiger partial charge in [0.2, 0.25) is 0 Å². The first-order chi connectivity index (χ1) is 7.36. The fraction of sp³-hybridized carbons (Fsp3) is 0.444. The maximum Gasteiger partial charge on any atom is 0.0921 e. The van der Waals surface area contributed by atoms with Gasteiger partial charge in [-0.15, -0.1) is 5.10 Å². The van der Waals surface area contributed by atoms with Crippen LogP contribution in [0.5, 0.6) is 0 Å². The molecule has 0 bridgehead atoms. The molecule has 2 heterocycles. The Bertz CT molecular complexity index is 390. The van der Waals surface area contributed by atoms with Crippen molar-refractivity contribution in [2.45, 2.75) is 13.0 Å². The van der Waals surface area contributed by atoms with Crippen molar-refractivity contribution < 1.29 is 0 Å². The van der Waals surface area contributed by atoms with Gasteiger partial charge in [-0.1, -0.05) is 5.21 Å². The zero-order chi connectivity index (χ0) is 10.5. The molecule has 0 aliphatic carbocycles. The summed E-state index contributed by atoms with van der Waals surface area (Å²) in [6, 6.07) is 0. The molecular formula is C9H14N6. The van der Waals surface area contributed by atoms with Crippen molar-refractivity contribution in [3.63, 3.8) is 0 Å². The van der Waals surface area contributed by atoms with Crippen molar-refractivity contribution in [2.75, 3.05) is 6.54 Å². The Labute approximate surface area is 87.7 Å². The maximum absolute atomic E-state index is 3.96. The summed E-state index contributed by atoms with van der Waals surface area (Å²) in [7, 11) is 1.89. The van der Waals surface area contributed by atoms with Crippen LogP contribution < -0.4 is 5.32 Å². The molecule has 6 nitrogen and oxygen atoms in total. The van der Waals surface area contributed by atoms with Crippen molar-refractivity contribution in [2.24, 2.45) is 7.05 Å². The van der Waals surface area contributed by atoms with Crippen LogP contribution in [0.25, 0.3) is 0 Å². The Morgan fingerprint density at radius 3 is 3.07 bits per heavy atom. The molecule has 0 atom stereocenters. The lowest BCUT2D eigenvalue weighted by atomic mass is 10.3. The number of H-pyrrole nitrogens is 1. The number of imidazole rings is 1. The molecule has 0 aliphatic rings. The summed E-state index contributed by atoms with van der Waals surface area (Å²) in [5.41, 5.74) is 2.23. The SMILES string of the molecule is Cn1nncc1CNCCc1cnc[nH]1. The van der Waals surface area contributed by atoms with E-state index >= 15 is 0 Å². The molecule has 0 aromatic carbocycles. The zero-order valence-electron chi connectivity index (χ0n) is 8.64. The Morgan fingerprint density at radius 1 is 1.47 bits per heavy atom. The van der Waals surface area contributed by atoms with Crippen LogP contribution in [-0.4, -0.2) is 31.5 Å². The highest BCUT2D eigenvalue weighted by Gasteiger charge is 1.98. The molecule has 0 radical (unpaired) electrons. The van der Waals surface area contributed by atoms with E-state index < -0.39 is 0 Å². The van der Waals surface area contributed by atoms with Crippen molar-refractivity contribution in [3.05, 3.63) is 30.1 Å². The number of rotatable bonds is 5. The first-order valence-electron chi connectivity index (χ1n) is 4.88. The van der Waals surface area contributed by atoms with E-state index in [1.54, 1.807) is 17.2 Å². The smallest absolute Gasteiger partial charge is 0.0921 e. The molecule has 0 fully saturated rings. The molecule has 6 heteroatoms. The zero-order valence-corrected chi connectivity index (χ0v) is 8.64. The average molecular weight is 206 g/mol. The number of hydrogen-bond acceptors (Lipinski definition) is 4. The highest BCUT2D eigenvalue weighted by Crippen LogP contribution is 1.94. The number of nitrogens with one attached hydrogen (secondary N) is 2. The van der Waals surface area contributed by atoms with Gasteiger partial charge in [0.25, 0.3) is 0 Å². The molecule has 15 heavy (non-hydrogen) atoms. The van der Waals surface area contributed by atoms with Crippen LogP contribution in [-0.2, 0) is 20.0 Å². The summed E-state index contributed by atoms with van der Waals surface area (Å²) in [6.45, 7) is 1.70. The van der Waals surface area contributed by atoms with E-state index in [0.29, 0.717) is 0 Å². The lowest BCUT2D eigenvalue weighted by Gasteiger charge is -2.02. The normalized spacial score (nSPS) is 10.7. The highest BCUT2D eigenvalue weighted by molar-refractivity contribution is 4.96. The van der Waals surface area contributed by atoms with Crippen LogP contribution >= 0.6 is 0 Å². The molecule has 2 N–H and O–H groups in total. The van der Waals surface area contributed by atoms with Gasteiger partial charge in [-0.25, -0.2) is 4.98 Å². The van der Waals surface area contributed by atoms with Gasteiger partial charge >= 0.3 is 0 Å². The van der Waals surface area contributed by atoms with Crippen LogP contribution in [0.4, 0.5) is 0 Å². The van der Waals surface area contributed by atoms with E-state index in [0.717, 1.165) is 30.9 Å². The molecule has 2 aromatic rings. The molecule has 0 aliphatic heterocycles. The summed E-state index contributed by atoms with van der Waals surface area (Å²) in [4.78, 5) is 7.02. The molecule has 0 saturated carbocycles. The van der Waals surface area contributed by atoms with E-state index in [1.165, 1.54) is 0 Å². The van der Waals surface area contributed by atoms with Crippen molar-refractivity contribution in [3.8, 4) is 0 Å². The van der Waals surface area contributed by atoms with Crippen molar-refractivity contribution in [1.82, 2.24) is 30.3 Å². The third kappa shape index (κ3) is 2.63. The van der Waals surface area contributed by atoms with Gasteiger partial charge in [-0.3, -0.25) is 4.68 Å². The molecule has 0 spiro atoms. The molecule has 80 valence electrons. The second-order valence-electron chi connectivity index (χ2n) is 3.35. The van der Waals surface area contributed by atoms with Crippen LogP contribution in [0.3, 0.4) is 0 Å². The topological polar surface area (TPSA) is 71.4 Å². The number of aryl methyl sites for hydroxylation is 1. The minimum Gasteiger partial charge on any atom is -0.348 e. The third-order valence-electron chi connectivity index (χ3n) is 2.24. The summed E-state index contributed by atoms with van der Waals surface area (Å²) in [5.74, 6) is 0. The van der Waals surface area contributed by atoms with Gasteiger partial charge in [0.15, 0.2) is 0 Å². The quantitative estimate of drug-likeness (QED) is 0.668. The lowest BCUT2D eigenvalue weighted by Crippen LogP contribution is -2.18. The first-order valence-corrected chi connectivity index (χ1v) is 4.88. The first kappa shape index (κ1) is 9.85. The largest absolute Gasteiger partial charge is 0.348 e. The van der Waals surface area contributed by atoms with Gasteiger partial charge in [0.1, 0.15) is 0 Å². The molecule has 0 amide bonds. The van der Waals surface area contributed by atoms with E-state index in [4.69, 9.17) is 0 Å². The highest BCUT2D eigenvalue weighted by atomic mass is 15.4. The predicted molar refractivity (Wildman–Crippen MR) is 55.0 cm³/mol. The number of nitrogens with zero attached hydrogens (tertiary/aromatic N) is 4. The summed E-state index contributed by atoms with van der Waals surface area (Å²) < 4.78 is 1.77. The van der Waals surface area contributed by atoms with Crippen molar-refractivity contribution >= 4 is 0 Å². The minimum atomic E-state index is 0.789. The summed E-state index contributed by atoms with van der Waals surface area (Å²) >= 11 is 0. The van der Waals surface area contributed by atoms with E-state index in [9.17, 15) is 0 Å². The van der Waals surface area contributed by atoms with Gasteiger partial charge in [0, 0.05) is 38.4 Å². The molecule has 2 rings (SSSR count). The standard InChI is InChI=1S/C9H14N6/c1-15-9(6-13-14-15)5-10-3-2-8-4-11-7-12-8/h4,6-7,10H,2-3,5H2,1H3,(H,11,12). The molecule has 0 saturated heterocycles. The minimum absolute atomic E-state index is 0.789. The van der Waals surface area contributed by atoms with Crippen LogP contribution in [0, 0.1) is 0 Å². The summed E-state index contributed by atoms with van der Waals surface area (Å²) in [5, 5.41) is 11.0. The van der Waals surface area contributed by atoms with Gasteiger partial charge in [0.05, 0.1) is 18.2 Å². The Kier molecular flexibility index (Phi) is 3.08. The van der Waals surface area contributed by atoms with E-state index in [2.05, 4.69) is 25.6 Å². The third-order valence-corrected chi connectivity index (χ3v) is 2.24. The monoisotopic (exact) mass is 206 g/mol. The van der Waals surface area contributed by atoms with Gasteiger partial charge in [-0.05, 0) is 0 Å². The Balaban J connectivity index is 1.70. The van der Waals surface area contributed by atoms with Gasteiger partial charge in [-0.2, -0.15) is 0 Å². The fourth-order valence-electron chi connectivity index (χ4n) is 1.33. The predicted octanol–water partition coefficient (Wildman–Crippen LogP) is -0.130. The van der Waals surface area contributed by atoms with Crippen LogP contribution in [0.1, 0.15) is 11.4 Å². The molecule has 0 unspecified atom stereocenters. The Hall–Kier alpha value is -1.69. The van der Waals surface area contributed by atoms with Crippen molar-refractivity contribution in [1.29, 1.82) is 0 Å².